The van der Waals surface area contributed by atoms with Crippen molar-refractivity contribution < 1.29 is 17.9 Å². The standard InChI is InChI=1S/C20H20N2O4S/c1-20(19(21)23,27(24,25)18-8-4-3-7-17(18)26-2)13-14-9-10-16-15(12-14)6-5-11-22-16/h3-12H,13H2,1-2H3,(H2,21,23). The molecule has 1 atom stereocenters. The van der Waals surface area contributed by atoms with Crippen molar-refractivity contribution in [2.75, 3.05) is 7.11 Å². The second-order valence-corrected chi connectivity index (χ2v) is 8.80. The van der Waals surface area contributed by atoms with E-state index in [0.29, 0.717) is 5.56 Å². The Balaban J connectivity index is 2.10. The van der Waals surface area contributed by atoms with Gasteiger partial charge in [-0.05, 0) is 42.8 Å². The quantitative estimate of drug-likeness (QED) is 0.704. The highest BCUT2D eigenvalue weighted by atomic mass is 32.2. The molecule has 0 saturated carbocycles. The van der Waals surface area contributed by atoms with Crippen LogP contribution in [0.1, 0.15) is 12.5 Å². The minimum Gasteiger partial charge on any atom is -0.495 e. The highest BCUT2D eigenvalue weighted by molar-refractivity contribution is 7.93. The third-order valence-electron chi connectivity index (χ3n) is 4.68. The molecule has 1 amide bonds. The first kappa shape index (κ1) is 18.8. The fourth-order valence-corrected chi connectivity index (χ4v) is 4.80. The molecular formula is C20H20N2O4S. The van der Waals surface area contributed by atoms with Crippen LogP contribution in [0.25, 0.3) is 10.9 Å². The summed E-state index contributed by atoms with van der Waals surface area (Å²) in [6.45, 7) is 1.35. The Morgan fingerprint density at radius 3 is 2.59 bits per heavy atom. The van der Waals surface area contributed by atoms with E-state index in [0.717, 1.165) is 10.9 Å². The van der Waals surface area contributed by atoms with Crippen LogP contribution in [0, 0.1) is 0 Å². The highest BCUT2D eigenvalue weighted by Gasteiger charge is 2.47. The van der Waals surface area contributed by atoms with E-state index in [2.05, 4.69) is 4.98 Å². The van der Waals surface area contributed by atoms with Crippen LogP contribution in [0.2, 0.25) is 0 Å². The van der Waals surface area contributed by atoms with Crippen molar-refractivity contribution in [3.8, 4) is 5.75 Å². The summed E-state index contributed by atoms with van der Waals surface area (Å²) in [5.41, 5.74) is 7.04. The van der Waals surface area contributed by atoms with E-state index < -0.39 is 20.5 Å². The first-order chi connectivity index (χ1) is 12.8. The lowest BCUT2D eigenvalue weighted by Gasteiger charge is -2.27. The fraction of sp³-hybridized carbons (Fsp3) is 0.200. The summed E-state index contributed by atoms with van der Waals surface area (Å²) in [6, 6.07) is 15.2. The largest absolute Gasteiger partial charge is 0.495 e. The molecule has 0 aliphatic rings. The van der Waals surface area contributed by atoms with Crippen LogP contribution in [-0.2, 0) is 21.1 Å². The van der Waals surface area contributed by atoms with Gasteiger partial charge in [-0.1, -0.05) is 24.3 Å². The van der Waals surface area contributed by atoms with E-state index in [1.54, 1.807) is 36.5 Å². The maximum Gasteiger partial charge on any atom is 0.239 e. The Labute approximate surface area is 157 Å². The number of amides is 1. The number of nitrogens with zero attached hydrogens (tertiary/aromatic N) is 1. The lowest BCUT2D eigenvalue weighted by molar-refractivity contribution is -0.120. The number of hydrogen-bond donors (Lipinski definition) is 1. The zero-order chi connectivity index (χ0) is 19.7. The summed E-state index contributed by atoms with van der Waals surface area (Å²) in [6.07, 6.45) is 1.62. The van der Waals surface area contributed by atoms with Crippen LogP contribution in [0.15, 0.2) is 65.7 Å². The van der Waals surface area contributed by atoms with Crippen molar-refractivity contribution >= 4 is 26.6 Å². The van der Waals surface area contributed by atoms with Crippen molar-refractivity contribution in [3.05, 3.63) is 66.4 Å². The number of fused-ring (bicyclic) bond motifs is 1. The Bertz CT molecular complexity index is 1110. The number of ether oxygens (including phenoxy) is 1. The average molecular weight is 384 g/mol. The molecule has 3 rings (SSSR count). The third-order valence-corrected chi connectivity index (χ3v) is 7.13. The van der Waals surface area contributed by atoms with Gasteiger partial charge in [0.15, 0.2) is 14.6 Å². The SMILES string of the molecule is COc1ccccc1S(=O)(=O)C(C)(Cc1ccc2ncccc2c1)C(N)=O. The van der Waals surface area contributed by atoms with Crippen molar-refractivity contribution in [3.63, 3.8) is 0 Å². The van der Waals surface area contributed by atoms with Gasteiger partial charge in [0.25, 0.3) is 0 Å². The Kier molecular flexibility index (Phi) is 4.89. The number of pyridine rings is 1. The molecule has 0 spiro atoms. The highest BCUT2D eigenvalue weighted by Crippen LogP contribution is 2.34. The second-order valence-electron chi connectivity index (χ2n) is 6.46. The van der Waals surface area contributed by atoms with Gasteiger partial charge in [0, 0.05) is 18.0 Å². The molecule has 0 aliphatic heterocycles. The predicted octanol–water partition coefficient (Wildman–Crippen LogP) is 2.50. The van der Waals surface area contributed by atoms with Gasteiger partial charge in [-0.2, -0.15) is 0 Å². The van der Waals surface area contributed by atoms with Crippen molar-refractivity contribution in [2.45, 2.75) is 23.0 Å². The maximum absolute atomic E-state index is 13.4. The first-order valence-electron chi connectivity index (χ1n) is 8.31. The lowest BCUT2D eigenvalue weighted by atomic mass is 9.98. The number of rotatable bonds is 6. The molecule has 1 aromatic heterocycles. The van der Waals surface area contributed by atoms with Crippen molar-refractivity contribution in [1.82, 2.24) is 4.98 Å². The van der Waals surface area contributed by atoms with Gasteiger partial charge in [0.05, 0.1) is 12.6 Å². The second kappa shape index (κ2) is 7.00. The molecule has 6 nitrogen and oxygen atoms in total. The van der Waals surface area contributed by atoms with Gasteiger partial charge in [-0.15, -0.1) is 0 Å². The molecule has 0 radical (unpaired) electrons. The molecule has 3 aromatic rings. The van der Waals surface area contributed by atoms with Crippen molar-refractivity contribution in [1.29, 1.82) is 0 Å². The van der Waals surface area contributed by atoms with Gasteiger partial charge in [-0.3, -0.25) is 9.78 Å². The zero-order valence-electron chi connectivity index (χ0n) is 15.0. The molecule has 0 fully saturated rings. The third kappa shape index (κ3) is 3.26. The number of aromatic nitrogens is 1. The summed E-state index contributed by atoms with van der Waals surface area (Å²) in [5.74, 6) is -0.743. The van der Waals surface area contributed by atoms with Crippen LogP contribution in [0.4, 0.5) is 0 Å². The molecule has 0 saturated heterocycles. The minimum absolute atomic E-state index is 0.0590. The van der Waals surface area contributed by atoms with E-state index in [-0.39, 0.29) is 17.1 Å². The normalized spacial score (nSPS) is 13.9. The Morgan fingerprint density at radius 1 is 1.15 bits per heavy atom. The number of nitrogens with two attached hydrogens (primary N) is 1. The molecule has 0 bridgehead atoms. The summed E-state index contributed by atoms with van der Waals surface area (Å²) in [4.78, 5) is 16.5. The van der Waals surface area contributed by atoms with E-state index in [9.17, 15) is 13.2 Å². The van der Waals surface area contributed by atoms with Gasteiger partial charge in [-0.25, -0.2) is 8.42 Å². The topological polar surface area (TPSA) is 99.3 Å². The number of sulfone groups is 1. The van der Waals surface area contributed by atoms with E-state index in [1.807, 2.05) is 12.1 Å². The molecule has 1 unspecified atom stereocenters. The first-order valence-corrected chi connectivity index (χ1v) is 9.79. The summed E-state index contributed by atoms with van der Waals surface area (Å²) >= 11 is 0. The number of para-hydroxylation sites is 1. The molecule has 27 heavy (non-hydrogen) atoms. The summed E-state index contributed by atoms with van der Waals surface area (Å²) in [5, 5.41) is 0.858. The fourth-order valence-electron chi connectivity index (χ4n) is 3.02. The number of carbonyl (C=O) groups excluding carboxylic acids is 1. The predicted molar refractivity (Wildman–Crippen MR) is 103 cm³/mol. The van der Waals surface area contributed by atoms with Crippen LogP contribution >= 0.6 is 0 Å². The van der Waals surface area contributed by atoms with Gasteiger partial charge >= 0.3 is 0 Å². The molecular weight excluding hydrogens is 364 g/mol. The lowest BCUT2D eigenvalue weighted by Crippen LogP contribution is -2.49. The average Bonchev–Trinajstić information content (AvgIpc) is 2.67. The zero-order valence-corrected chi connectivity index (χ0v) is 15.9. The van der Waals surface area contributed by atoms with E-state index in [1.165, 1.54) is 26.2 Å². The van der Waals surface area contributed by atoms with Crippen LogP contribution in [0.5, 0.6) is 5.75 Å². The molecule has 0 aliphatic carbocycles. The van der Waals surface area contributed by atoms with Gasteiger partial charge in [0.1, 0.15) is 10.6 Å². The van der Waals surface area contributed by atoms with Gasteiger partial charge < -0.3 is 10.5 Å². The number of methoxy groups -OCH3 is 1. The molecule has 7 heteroatoms. The molecule has 2 aromatic carbocycles. The van der Waals surface area contributed by atoms with E-state index in [4.69, 9.17) is 10.5 Å². The number of benzene rings is 2. The van der Waals surface area contributed by atoms with E-state index >= 15 is 0 Å². The summed E-state index contributed by atoms with van der Waals surface area (Å²) in [7, 11) is -2.73. The van der Waals surface area contributed by atoms with Gasteiger partial charge in [0.2, 0.25) is 5.91 Å². The molecule has 2 N–H and O–H groups in total. The van der Waals surface area contributed by atoms with Crippen LogP contribution < -0.4 is 10.5 Å². The number of hydrogen-bond acceptors (Lipinski definition) is 5. The molecule has 140 valence electrons. The summed E-state index contributed by atoms with van der Waals surface area (Å²) < 4.78 is 30.0. The Morgan fingerprint density at radius 2 is 1.89 bits per heavy atom. The van der Waals surface area contributed by atoms with Crippen LogP contribution in [-0.4, -0.2) is 31.2 Å². The number of primary amides is 1. The maximum atomic E-state index is 13.4. The van der Waals surface area contributed by atoms with Crippen molar-refractivity contribution in [2.24, 2.45) is 5.73 Å². The monoisotopic (exact) mass is 384 g/mol. The van der Waals surface area contributed by atoms with Crippen LogP contribution in [0.3, 0.4) is 0 Å². The minimum atomic E-state index is -4.11. The molecule has 1 heterocycles. The number of carbonyl (C=O) groups is 1. The smallest absolute Gasteiger partial charge is 0.239 e. The Hall–Kier alpha value is -2.93.